The molecule has 0 aliphatic rings. The van der Waals surface area contributed by atoms with Gasteiger partial charge in [-0.1, -0.05) is 69.8 Å². The van der Waals surface area contributed by atoms with E-state index in [4.69, 9.17) is 5.73 Å². The van der Waals surface area contributed by atoms with Crippen LogP contribution in [-0.4, -0.2) is 17.1 Å². The fourth-order valence-corrected chi connectivity index (χ4v) is 2.16. The number of primary amides is 1. The molecule has 0 radical (unpaired) electrons. The first-order valence-electron chi connectivity index (χ1n) is 8.46. The Hall–Kier alpha value is -1.09. The van der Waals surface area contributed by atoms with Gasteiger partial charge in [0.05, 0.1) is 6.10 Å². The van der Waals surface area contributed by atoms with E-state index < -0.39 is 0 Å². The number of aliphatic hydroxyl groups is 1. The lowest BCUT2D eigenvalue weighted by molar-refractivity contribution is -0.118. The van der Waals surface area contributed by atoms with E-state index in [1.807, 2.05) is 18.2 Å². The van der Waals surface area contributed by atoms with Crippen LogP contribution in [0.4, 0.5) is 0 Å². The van der Waals surface area contributed by atoms with Crippen molar-refractivity contribution in [3.05, 3.63) is 24.3 Å². The van der Waals surface area contributed by atoms with Crippen molar-refractivity contribution in [1.29, 1.82) is 0 Å². The number of hydrogen-bond donors (Lipinski definition) is 2. The van der Waals surface area contributed by atoms with Crippen LogP contribution in [0, 0.1) is 0 Å². The van der Waals surface area contributed by atoms with Crippen molar-refractivity contribution in [3.63, 3.8) is 0 Å². The van der Waals surface area contributed by atoms with Crippen molar-refractivity contribution in [2.75, 3.05) is 0 Å². The van der Waals surface area contributed by atoms with E-state index in [2.05, 4.69) is 13.0 Å². The van der Waals surface area contributed by atoms with Crippen molar-refractivity contribution in [2.24, 2.45) is 5.73 Å². The molecular weight excluding hydrogens is 262 g/mol. The van der Waals surface area contributed by atoms with E-state index in [1.165, 1.54) is 32.1 Å². The van der Waals surface area contributed by atoms with Gasteiger partial charge in [-0.2, -0.15) is 0 Å². The van der Waals surface area contributed by atoms with Crippen LogP contribution < -0.4 is 5.73 Å². The van der Waals surface area contributed by atoms with Gasteiger partial charge in [0, 0.05) is 6.42 Å². The largest absolute Gasteiger partial charge is 0.389 e. The summed E-state index contributed by atoms with van der Waals surface area (Å²) in [5.74, 6) is -0.193. The minimum Gasteiger partial charge on any atom is -0.389 e. The molecule has 3 heteroatoms. The molecule has 0 spiro atoms. The number of unbranched alkanes of at least 4 members (excludes halogenated alkanes) is 7. The topological polar surface area (TPSA) is 63.3 Å². The molecule has 1 unspecified atom stereocenters. The fourth-order valence-electron chi connectivity index (χ4n) is 2.16. The Kier molecular flexibility index (Phi) is 14.5. The highest BCUT2D eigenvalue weighted by molar-refractivity contribution is 5.73. The molecule has 0 aliphatic heterocycles. The Morgan fingerprint density at radius 2 is 1.76 bits per heavy atom. The number of hydrogen-bond acceptors (Lipinski definition) is 2. The second-order valence-corrected chi connectivity index (χ2v) is 5.65. The van der Waals surface area contributed by atoms with E-state index in [1.54, 1.807) is 0 Å². The molecule has 0 aromatic carbocycles. The summed E-state index contributed by atoms with van der Waals surface area (Å²) < 4.78 is 0. The minimum absolute atomic E-state index is 0.193. The maximum atomic E-state index is 10.5. The Bertz CT molecular complexity index is 298. The zero-order valence-electron chi connectivity index (χ0n) is 13.6. The first kappa shape index (κ1) is 19.9. The van der Waals surface area contributed by atoms with E-state index in [-0.39, 0.29) is 12.0 Å². The van der Waals surface area contributed by atoms with E-state index >= 15 is 0 Å². The maximum absolute atomic E-state index is 10.5. The molecule has 3 N–H and O–H groups in total. The van der Waals surface area contributed by atoms with Crippen LogP contribution in [0.3, 0.4) is 0 Å². The van der Waals surface area contributed by atoms with Crippen molar-refractivity contribution in [1.82, 2.24) is 0 Å². The van der Waals surface area contributed by atoms with Gasteiger partial charge >= 0.3 is 0 Å². The summed E-state index contributed by atoms with van der Waals surface area (Å²) in [7, 11) is 0. The van der Waals surface area contributed by atoms with Crippen molar-refractivity contribution < 1.29 is 9.90 Å². The van der Waals surface area contributed by atoms with E-state index in [0.29, 0.717) is 6.42 Å². The number of allylic oxidation sites excluding steroid dienone is 3. The van der Waals surface area contributed by atoms with Crippen LogP contribution in [0.5, 0.6) is 0 Å². The number of nitrogens with two attached hydrogens (primary N) is 1. The predicted molar refractivity (Wildman–Crippen MR) is 89.9 cm³/mol. The number of rotatable bonds is 14. The van der Waals surface area contributed by atoms with Gasteiger partial charge < -0.3 is 10.8 Å². The lowest BCUT2D eigenvalue weighted by atomic mass is 10.1. The summed E-state index contributed by atoms with van der Waals surface area (Å²) in [4.78, 5) is 10.5. The summed E-state index contributed by atoms with van der Waals surface area (Å²) in [5, 5.41) is 9.68. The third-order valence-electron chi connectivity index (χ3n) is 3.48. The smallest absolute Gasteiger partial charge is 0.217 e. The lowest BCUT2D eigenvalue weighted by Crippen LogP contribution is -2.09. The van der Waals surface area contributed by atoms with Crippen LogP contribution in [0.15, 0.2) is 24.3 Å². The van der Waals surface area contributed by atoms with E-state index in [0.717, 1.165) is 32.1 Å². The summed E-state index contributed by atoms with van der Waals surface area (Å²) in [6, 6.07) is 0. The maximum Gasteiger partial charge on any atom is 0.217 e. The van der Waals surface area contributed by atoms with Crippen molar-refractivity contribution in [2.45, 2.75) is 83.7 Å². The molecule has 3 nitrogen and oxygen atoms in total. The molecule has 0 heterocycles. The van der Waals surface area contributed by atoms with Gasteiger partial charge in [-0.25, -0.2) is 0 Å². The predicted octanol–water partition coefficient (Wildman–Crippen LogP) is 4.26. The Morgan fingerprint density at radius 1 is 1.05 bits per heavy atom. The number of carbonyl (C=O) groups is 1. The van der Waals surface area contributed by atoms with Gasteiger partial charge in [-0.05, 0) is 25.7 Å². The van der Waals surface area contributed by atoms with E-state index in [9.17, 15) is 9.90 Å². The second kappa shape index (κ2) is 15.3. The van der Waals surface area contributed by atoms with Gasteiger partial charge in [0.1, 0.15) is 0 Å². The van der Waals surface area contributed by atoms with Crippen LogP contribution >= 0.6 is 0 Å². The summed E-state index contributed by atoms with van der Waals surface area (Å²) >= 11 is 0. The van der Waals surface area contributed by atoms with Crippen LogP contribution in [0.2, 0.25) is 0 Å². The number of carbonyl (C=O) groups excluding carboxylic acids is 1. The molecule has 1 amide bonds. The second-order valence-electron chi connectivity index (χ2n) is 5.65. The van der Waals surface area contributed by atoms with Gasteiger partial charge in [-0.15, -0.1) is 0 Å². The quantitative estimate of drug-likeness (QED) is 0.371. The molecule has 122 valence electrons. The molecule has 0 rings (SSSR count). The summed E-state index contributed by atoms with van der Waals surface area (Å²) in [5.41, 5.74) is 5.08. The van der Waals surface area contributed by atoms with Gasteiger partial charge in [0.25, 0.3) is 0 Å². The van der Waals surface area contributed by atoms with Crippen LogP contribution in [0.1, 0.15) is 77.6 Å². The molecule has 0 saturated heterocycles. The highest BCUT2D eigenvalue weighted by Gasteiger charge is 1.96. The molecule has 0 aromatic rings. The third-order valence-corrected chi connectivity index (χ3v) is 3.48. The molecule has 0 aliphatic carbocycles. The highest BCUT2D eigenvalue weighted by Crippen LogP contribution is 2.08. The van der Waals surface area contributed by atoms with Gasteiger partial charge in [-0.3, -0.25) is 4.79 Å². The highest BCUT2D eigenvalue weighted by atomic mass is 16.3. The first-order valence-corrected chi connectivity index (χ1v) is 8.46. The van der Waals surface area contributed by atoms with Crippen LogP contribution in [0.25, 0.3) is 0 Å². The number of aliphatic hydroxyl groups excluding tert-OH is 1. The molecule has 0 saturated carbocycles. The monoisotopic (exact) mass is 295 g/mol. The zero-order chi connectivity index (χ0) is 15.8. The summed E-state index contributed by atoms with van der Waals surface area (Å²) in [6.45, 7) is 2.17. The zero-order valence-corrected chi connectivity index (χ0v) is 13.6. The van der Waals surface area contributed by atoms with Gasteiger partial charge in [0.15, 0.2) is 0 Å². The molecular formula is C18H33NO2. The molecule has 0 aromatic heterocycles. The minimum atomic E-state index is -0.300. The number of amides is 1. The van der Waals surface area contributed by atoms with Gasteiger partial charge in [0.2, 0.25) is 5.91 Å². The molecule has 0 bridgehead atoms. The fraction of sp³-hybridized carbons (Fsp3) is 0.722. The van der Waals surface area contributed by atoms with Crippen LogP contribution in [-0.2, 0) is 4.79 Å². The Labute approximate surface area is 130 Å². The summed E-state index contributed by atoms with van der Waals surface area (Å²) in [6.07, 6.45) is 19.2. The normalized spacial score (nSPS) is 13.2. The van der Waals surface area contributed by atoms with Crippen molar-refractivity contribution >= 4 is 5.91 Å². The average Bonchev–Trinajstić information content (AvgIpc) is 2.44. The third kappa shape index (κ3) is 16.9. The standard InChI is InChI=1S/C18H33NO2/c1-2-3-11-14-17(20)15-12-9-7-5-4-6-8-10-13-16-18(19)21/h7,9,12,15,17,20H,2-6,8,10-11,13-14,16H2,1H3,(H2,19,21)/b9-7-,15-12+. The molecule has 1 atom stereocenters. The molecule has 21 heavy (non-hydrogen) atoms. The van der Waals surface area contributed by atoms with Crippen molar-refractivity contribution in [3.8, 4) is 0 Å². The Balaban J connectivity index is 3.37. The lowest BCUT2D eigenvalue weighted by Gasteiger charge is -2.03. The average molecular weight is 295 g/mol. The molecule has 0 fully saturated rings. The Morgan fingerprint density at radius 3 is 2.48 bits per heavy atom. The SMILES string of the molecule is CCCCCC(O)/C=C/C=C\CCCCCCCC(N)=O. The first-order chi connectivity index (χ1) is 10.2.